The Bertz CT molecular complexity index is 671. The van der Waals surface area contributed by atoms with Crippen LogP contribution in [0.5, 0.6) is 5.75 Å². The van der Waals surface area contributed by atoms with Crippen molar-refractivity contribution in [3.05, 3.63) is 23.8 Å². The second kappa shape index (κ2) is 7.23. The zero-order valence-corrected chi connectivity index (χ0v) is 13.3. The molecule has 0 bridgehead atoms. The molecule has 0 heterocycles. The zero-order valence-electron chi connectivity index (χ0n) is 12.5. The van der Waals surface area contributed by atoms with Gasteiger partial charge in [-0.15, -0.1) is 0 Å². The standard InChI is InChI=1S/C13H18N2O6S/c1-14-22(19,20)11-8-9(4-5-10(11)21-3)13(18)15(2)7-6-12(16)17/h4-5,8,14H,6-7H2,1-3H3,(H,16,17). The number of hydrogen-bond acceptors (Lipinski definition) is 5. The minimum Gasteiger partial charge on any atom is -0.495 e. The van der Waals surface area contributed by atoms with Gasteiger partial charge in [0.05, 0.1) is 13.5 Å². The van der Waals surface area contributed by atoms with Crippen LogP contribution in [0.25, 0.3) is 0 Å². The summed E-state index contributed by atoms with van der Waals surface area (Å²) >= 11 is 0. The van der Waals surface area contributed by atoms with Gasteiger partial charge in [0, 0.05) is 19.2 Å². The van der Waals surface area contributed by atoms with Gasteiger partial charge in [-0.1, -0.05) is 0 Å². The second-order valence-electron chi connectivity index (χ2n) is 4.44. The predicted molar refractivity (Wildman–Crippen MR) is 78.5 cm³/mol. The Balaban J connectivity index is 3.14. The number of nitrogens with zero attached hydrogens (tertiary/aromatic N) is 1. The Morgan fingerprint density at radius 1 is 1.36 bits per heavy atom. The van der Waals surface area contributed by atoms with Crippen molar-refractivity contribution in [3.63, 3.8) is 0 Å². The molecule has 8 nitrogen and oxygen atoms in total. The van der Waals surface area contributed by atoms with Crippen LogP contribution < -0.4 is 9.46 Å². The summed E-state index contributed by atoms with van der Waals surface area (Å²) in [5, 5.41) is 8.62. The minimum atomic E-state index is -3.79. The molecular weight excluding hydrogens is 312 g/mol. The van der Waals surface area contributed by atoms with Crippen molar-refractivity contribution in [1.82, 2.24) is 9.62 Å². The Kier molecular flexibility index (Phi) is 5.89. The van der Waals surface area contributed by atoms with Gasteiger partial charge in [0.1, 0.15) is 10.6 Å². The number of carbonyl (C=O) groups is 2. The van der Waals surface area contributed by atoms with Crippen LogP contribution in [-0.4, -0.2) is 58.1 Å². The third kappa shape index (κ3) is 4.18. The molecule has 1 aromatic rings. The maximum atomic E-state index is 12.2. The maximum Gasteiger partial charge on any atom is 0.305 e. The molecule has 0 unspecified atom stereocenters. The number of hydrogen-bond donors (Lipinski definition) is 2. The first-order valence-corrected chi connectivity index (χ1v) is 7.80. The van der Waals surface area contributed by atoms with Gasteiger partial charge in [0.2, 0.25) is 10.0 Å². The van der Waals surface area contributed by atoms with Gasteiger partial charge in [-0.25, -0.2) is 13.1 Å². The molecule has 2 N–H and O–H groups in total. The molecular formula is C13H18N2O6S. The van der Waals surface area contributed by atoms with E-state index in [2.05, 4.69) is 4.72 Å². The normalized spacial score (nSPS) is 11.0. The topological polar surface area (TPSA) is 113 Å². The Morgan fingerprint density at radius 3 is 2.50 bits per heavy atom. The molecule has 22 heavy (non-hydrogen) atoms. The van der Waals surface area contributed by atoms with E-state index >= 15 is 0 Å². The molecule has 0 aliphatic carbocycles. The Hall–Kier alpha value is -2.13. The number of sulfonamides is 1. The van der Waals surface area contributed by atoms with Gasteiger partial charge in [-0.2, -0.15) is 0 Å². The second-order valence-corrected chi connectivity index (χ2v) is 6.30. The number of ether oxygens (including phenoxy) is 1. The highest BCUT2D eigenvalue weighted by Gasteiger charge is 2.21. The monoisotopic (exact) mass is 330 g/mol. The largest absolute Gasteiger partial charge is 0.495 e. The van der Waals surface area contributed by atoms with Crippen molar-refractivity contribution >= 4 is 21.9 Å². The van der Waals surface area contributed by atoms with Gasteiger partial charge in [-0.05, 0) is 25.2 Å². The van der Waals surface area contributed by atoms with E-state index in [9.17, 15) is 18.0 Å². The minimum absolute atomic E-state index is 0.0221. The quantitative estimate of drug-likeness (QED) is 0.736. The van der Waals surface area contributed by atoms with Crippen molar-refractivity contribution in [1.29, 1.82) is 0 Å². The van der Waals surface area contributed by atoms with Crippen molar-refractivity contribution in [2.75, 3.05) is 27.7 Å². The van der Waals surface area contributed by atoms with E-state index in [0.717, 1.165) is 0 Å². The van der Waals surface area contributed by atoms with E-state index in [1.54, 1.807) is 0 Å². The lowest BCUT2D eigenvalue weighted by Crippen LogP contribution is -2.29. The molecule has 0 aromatic heterocycles. The van der Waals surface area contributed by atoms with Crippen LogP contribution in [0.3, 0.4) is 0 Å². The van der Waals surface area contributed by atoms with Crippen LogP contribution in [0.1, 0.15) is 16.8 Å². The smallest absolute Gasteiger partial charge is 0.305 e. The number of carbonyl (C=O) groups excluding carboxylic acids is 1. The van der Waals surface area contributed by atoms with Crippen molar-refractivity contribution in [2.24, 2.45) is 0 Å². The van der Waals surface area contributed by atoms with E-state index in [-0.39, 0.29) is 29.2 Å². The van der Waals surface area contributed by atoms with Crippen LogP contribution in [0.4, 0.5) is 0 Å². The number of aliphatic carboxylic acids is 1. The predicted octanol–water partition coefficient (Wildman–Crippen LogP) is 0.150. The SMILES string of the molecule is CNS(=O)(=O)c1cc(C(=O)N(C)CCC(=O)O)ccc1OC. The molecule has 0 atom stereocenters. The lowest BCUT2D eigenvalue weighted by molar-refractivity contribution is -0.137. The fourth-order valence-corrected chi connectivity index (χ4v) is 2.63. The highest BCUT2D eigenvalue weighted by Crippen LogP contribution is 2.25. The first-order valence-electron chi connectivity index (χ1n) is 6.31. The number of carboxylic acids is 1. The molecule has 122 valence electrons. The van der Waals surface area contributed by atoms with Gasteiger partial charge >= 0.3 is 5.97 Å². The fraction of sp³-hybridized carbons (Fsp3) is 0.385. The lowest BCUT2D eigenvalue weighted by atomic mass is 10.2. The molecule has 0 aliphatic heterocycles. The molecule has 0 saturated heterocycles. The van der Waals surface area contributed by atoms with Gasteiger partial charge in [-0.3, -0.25) is 9.59 Å². The number of methoxy groups -OCH3 is 1. The highest BCUT2D eigenvalue weighted by atomic mass is 32.2. The third-order valence-electron chi connectivity index (χ3n) is 2.98. The van der Waals surface area contributed by atoms with E-state index in [1.165, 1.54) is 44.3 Å². The molecule has 1 amide bonds. The summed E-state index contributed by atoms with van der Waals surface area (Å²) in [6, 6.07) is 4.00. The molecule has 0 radical (unpaired) electrons. The summed E-state index contributed by atoms with van der Waals surface area (Å²) in [4.78, 5) is 23.8. The molecule has 1 aromatic carbocycles. The zero-order chi connectivity index (χ0) is 16.9. The average molecular weight is 330 g/mol. The van der Waals surface area contributed by atoms with Gasteiger partial charge in [0.25, 0.3) is 5.91 Å². The summed E-state index contributed by atoms with van der Waals surface area (Å²) in [5.41, 5.74) is 0.127. The van der Waals surface area contributed by atoms with Crippen molar-refractivity contribution < 1.29 is 27.9 Å². The first kappa shape index (κ1) is 17.9. The average Bonchev–Trinajstić information content (AvgIpc) is 2.51. The van der Waals surface area contributed by atoms with E-state index in [4.69, 9.17) is 9.84 Å². The number of nitrogens with one attached hydrogen (secondary N) is 1. The summed E-state index contributed by atoms with van der Waals surface area (Å²) in [5.74, 6) is -1.39. The summed E-state index contributed by atoms with van der Waals surface area (Å²) < 4.78 is 31.0. The van der Waals surface area contributed by atoms with Crippen LogP contribution in [0.15, 0.2) is 23.1 Å². The maximum absolute atomic E-state index is 12.2. The molecule has 1 rings (SSSR count). The lowest BCUT2D eigenvalue weighted by Gasteiger charge is -2.17. The summed E-state index contributed by atoms with van der Waals surface area (Å²) in [7, 11) is 0.234. The summed E-state index contributed by atoms with van der Waals surface area (Å²) in [6.07, 6.45) is -0.194. The first-order chi connectivity index (χ1) is 10.2. The van der Waals surface area contributed by atoms with E-state index in [0.29, 0.717) is 0 Å². The van der Waals surface area contributed by atoms with E-state index in [1.807, 2.05) is 0 Å². The van der Waals surface area contributed by atoms with Crippen LogP contribution in [-0.2, 0) is 14.8 Å². The third-order valence-corrected chi connectivity index (χ3v) is 4.41. The fourth-order valence-electron chi connectivity index (χ4n) is 1.71. The molecule has 0 aliphatic rings. The van der Waals surface area contributed by atoms with Gasteiger partial charge in [0.15, 0.2) is 0 Å². The van der Waals surface area contributed by atoms with E-state index < -0.39 is 21.9 Å². The van der Waals surface area contributed by atoms with Crippen LogP contribution in [0, 0.1) is 0 Å². The van der Waals surface area contributed by atoms with Crippen LogP contribution in [0.2, 0.25) is 0 Å². The number of amides is 1. The summed E-state index contributed by atoms with van der Waals surface area (Å²) in [6.45, 7) is 0.0221. The molecule has 9 heteroatoms. The number of rotatable bonds is 7. The van der Waals surface area contributed by atoms with Crippen molar-refractivity contribution in [3.8, 4) is 5.75 Å². The van der Waals surface area contributed by atoms with Gasteiger partial charge < -0.3 is 14.7 Å². The number of carboxylic acid groups (broad SMARTS) is 1. The Morgan fingerprint density at radius 2 is 2.00 bits per heavy atom. The highest BCUT2D eigenvalue weighted by molar-refractivity contribution is 7.89. The molecule has 0 spiro atoms. The molecule has 0 fully saturated rings. The van der Waals surface area contributed by atoms with Crippen molar-refractivity contribution in [2.45, 2.75) is 11.3 Å². The Labute approximate surface area is 128 Å². The van der Waals surface area contributed by atoms with Crippen LogP contribution >= 0.6 is 0 Å². The number of benzene rings is 1. The molecule has 0 saturated carbocycles.